The molecule has 0 aromatic heterocycles. The summed E-state index contributed by atoms with van der Waals surface area (Å²) in [5.41, 5.74) is 1.13. The largest absolute Gasteiger partial charge is 0.379 e. The van der Waals surface area contributed by atoms with Gasteiger partial charge in [-0.05, 0) is 30.2 Å². The Bertz CT molecular complexity index is 420. The lowest BCUT2D eigenvalue weighted by Gasteiger charge is -2.31. The molecule has 0 radical (unpaired) electrons. The van der Waals surface area contributed by atoms with Crippen molar-refractivity contribution in [2.45, 2.75) is 5.92 Å². The van der Waals surface area contributed by atoms with Gasteiger partial charge in [-0.1, -0.05) is 12.1 Å². The van der Waals surface area contributed by atoms with Gasteiger partial charge in [0.05, 0.1) is 13.2 Å². The lowest BCUT2D eigenvalue weighted by atomic mass is 9.88. The zero-order valence-electron chi connectivity index (χ0n) is 11.1. The predicted molar refractivity (Wildman–Crippen MR) is 72.8 cm³/mol. The molecule has 1 aromatic carbocycles. The van der Waals surface area contributed by atoms with Crippen LogP contribution in [-0.2, 0) is 4.74 Å². The van der Waals surface area contributed by atoms with E-state index in [0.29, 0.717) is 11.8 Å². The molecule has 0 aliphatic carbocycles. The van der Waals surface area contributed by atoms with Crippen LogP contribution >= 0.6 is 0 Å². The molecule has 0 bridgehead atoms. The number of hydrogen-bond acceptors (Lipinski definition) is 3. The molecule has 0 spiro atoms. The van der Waals surface area contributed by atoms with Gasteiger partial charge in [-0.3, -0.25) is 4.90 Å². The third-order valence-electron chi connectivity index (χ3n) is 4.21. The molecule has 104 valence electrons. The smallest absolute Gasteiger partial charge is 0.123 e. The van der Waals surface area contributed by atoms with Gasteiger partial charge < -0.3 is 10.1 Å². The maximum Gasteiger partial charge on any atom is 0.123 e. The highest BCUT2D eigenvalue weighted by molar-refractivity contribution is 5.23. The Kier molecular flexibility index (Phi) is 4.11. The number of benzene rings is 1. The number of halogens is 1. The van der Waals surface area contributed by atoms with E-state index in [4.69, 9.17) is 4.74 Å². The standard InChI is InChI=1S/C15H21FN2O/c16-14-3-1-2-12(8-14)15-10-17-9-13(15)11-18-4-6-19-7-5-18/h1-3,8,13,15,17H,4-7,9-11H2. The minimum absolute atomic E-state index is 0.130. The maximum absolute atomic E-state index is 13.4. The summed E-state index contributed by atoms with van der Waals surface area (Å²) in [5, 5.41) is 3.45. The third kappa shape index (κ3) is 3.14. The first-order valence-electron chi connectivity index (χ1n) is 7.09. The Balaban J connectivity index is 1.67. The molecule has 19 heavy (non-hydrogen) atoms. The summed E-state index contributed by atoms with van der Waals surface area (Å²) in [6.07, 6.45) is 0. The van der Waals surface area contributed by atoms with Gasteiger partial charge in [0.15, 0.2) is 0 Å². The van der Waals surface area contributed by atoms with Crippen molar-refractivity contribution < 1.29 is 9.13 Å². The molecule has 0 amide bonds. The molecule has 2 unspecified atom stereocenters. The van der Waals surface area contributed by atoms with E-state index >= 15 is 0 Å². The van der Waals surface area contributed by atoms with Crippen molar-refractivity contribution in [1.82, 2.24) is 10.2 Å². The van der Waals surface area contributed by atoms with Crippen LogP contribution < -0.4 is 5.32 Å². The topological polar surface area (TPSA) is 24.5 Å². The van der Waals surface area contributed by atoms with Crippen LogP contribution in [0.3, 0.4) is 0 Å². The molecule has 2 fully saturated rings. The second-order valence-electron chi connectivity index (χ2n) is 5.49. The van der Waals surface area contributed by atoms with Gasteiger partial charge >= 0.3 is 0 Å². The number of hydrogen-bond donors (Lipinski definition) is 1. The molecule has 1 N–H and O–H groups in total. The summed E-state index contributed by atoms with van der Waals surface area (Å²) >= 11 is 0. The fraction of sp³-hybridized carbons (Fsp3) is 0.600. The fourth-order valence-corrected chi connectivity index (χ4v) is 3.17. The molecule has 0 saturated carbocycles. The van der Waals surface area contributed by atoms with Gasteiger partial charge in [-0.2, -0.15) is 0 Å². The summed E-state index contributed by atoms with van der Waals surface area (Å²) in [7, 11) is 0. The Hall–Kier alpha value is -0.970. The van der Waals surface area contributed by atoms with E-state index in [1.807, 2.05) is 12.1 Å². The van der Waals surface area contributed by atoms with E-state index in [0.717, 1.165) is 51.5 Å². The molecule has 3 nitrogen and oxygen atoms in total. The summed E-state index contributed by atoms with van der Waals surface area (Å²) in [6, 6.07) is 7.06. The van der Waals surface area contributed by atoms with E-state index in [1.54, 1.807) is 6.07 Å². The van der Waals surface area contributed by atoms with Gasteiger partial charge in [0, 0.05) is 32.1 Å². The summed E-state index contributed by atoms with van der Waals surface area (Å²) in [6.45, 7) is 6.78. The van der Waals surface area contributed by atoms with Crippen LogP contribution in [0, 0.1) is 11.7 Å². The van der Waals surface area contributed by atoms with Gasteiger partial charge in [-0.25, -0.2) is 4.39 Å². The van der Waals surface area contributed by atoms with Crippen LogP contribution in [0.2, 0.25) is 0 Å². The zero-order valence-corrected chi connectivity index (χ0v) is 11.1. The average molecular weight is 264 g/mol. The van der Waals surface area contributed by atoms with Gasteiger partial charge in [0.25, 0.3) is 0 Å². The van der Waals surface area contributed by atoms with E-state index in [2.05, 4.69) is 10.2 Å². The molecular formula is C15H21FN2O. The Morgan fingerprint density at radius 1 is 1.26 bits per heavy atom. The number of rotatable bonds is 3. The molecule has 3 rings (SSSR count). The molecule has 2 saturated heterocycles. The summed E-state index contributed by atoms with van der Waals surface area (Å²) < 4.78 is 18.7. The first-order valence-corrected chi connectivity index (χ1v) is 7.09. The highest BCUT2D eigenvalue weighted by Gasteiger charge is 2.30. The van der Waals surface area contributed by atoms with Crippen LogP contribution in [0.5, 0.6) is 0 Å². The normalized spacial score (nSPS) is 28.7. The molecule has 2 aliphatic rings. The van der Waals surface area contributed by atoms with Crippen molar-refractivity contribution in [3.63, 3.8) is 0 Å². The molecule has 4 heteroatoms. The fourth-order valence-electron chi connectivity index (χ4n) is 3.17. The summed E-state index contributed by atoms with van der Waals surface area (Å²) in [5.74, 6) is 0.868. The highest BCUT2D eigenvalue weighted by atomic mass is 19.1. The van der Waals surface area contributed by atoms with E-state index in [1.165, 1.54) is 6.07 Å². The first kappa shape index (κ1) is 13.0. The predicted octanol–water partition coefficient (Wildman–Crippen LogP) is 1.46. The number of nitrogens with zero attached hydrogens (tertiary/aromatic N) is 1. The van der Waals surface area contributed by atoms with Crippen molar-refractivity contribution >= 4 is 0 Å². The number of ether oxygens (including phenoxy) is 1. The lowest BCUT2D eigenvalue weighted by molar-refractivity contribution is 0.0308. The number of nitrogens with one attached hydrogen (secondary N) is 1. The monoisotopic (exact) mass is 264 g/mol. The van der Waals surface area contributed by atoms with Crippen molar-refractivity contribution in [3.8, 4) is 0 Å². The molecular weight excluding hydrogens is 243 g/mol. The quantitative estimate of drug-likeness (QED) is 0.894. The molecule has 2 aliphatic heterocycles. The minimum Gasteiger partial charge on any atom is -0.379 e. The van der Waals surface area contributed by atoms with Gasteiger partial charge in [0.2, 0.25) is 0 Å². The maximum atomic E-state index is 13.4. The minimum atomic E-state index is -0.130. The Morgan fingerprint density at radius 2 is 2.11 bits per heavy atom. The van der Waals surface area contributed by atoms with Crippen molar-refractivity contribution in [1.29, 1.82) is 0 Å². The van der Waals surface area contributed by atoms with Crippen LogP contribution in [0.1, 0.15) is 11.5 Å². The van der Waals surface area contributed by atoms with Gasteiger partial charge in [0.1, 0.15) is 5.82 Å². The second-order valence-corrected chi connectivity index (χ2v) is 5.49. The third-order valence-corrected chi connectivity index (χ3v) is 4.21. The van der Waals surface area contributed by atoms with Crippen LogP contribution in [0.4, 0.5) is 4.39 Å². The zero-order chi connectivity index (χ0) is 13.1. The second kappa shape index (κ2) is 5.99. The average Bonchev–Trinajstić information content (AvgIpc) is 2.88. The van der Waals surface area contributed by atoms with Crippen LogP contribution in [0.25, 0.3) is 0 Å². The summed E-state index contributed by atoms with van der Waals surface area (Å²) in [4.78, 5) is 2.47. The van der Waals surface area contributed by atoms with Gasteiger partial charge in [-0.15, -0.1) is 0 Å². The molecule has 2 heterocycles. The van der Waals surface area contributed by atoms with E-state index in [9.17, 15) is 4.39 Å². The SMILES string of the molecule is Fc1cccc(C2CNCC2CN2CCOCC2)c1. The van der Waals surface area contributed by atoms with Crippen molar-refractivity contribution in [2.24, 2.45) is 5.92 Å². The van der Waals surface area contributed by atoms with E-state index < -0.39 is 0 Å². The number of morpholine rings is 1. The highest BCUT2D eigenvalue weighted by Crippen LogP contribution is 2.29. The van der Waals surface area contributed by atoms with Crippen LogP contribution in [-0.4, -0.2) is 50.8 Å². The molecule has 2 atom stereocenters. The van der Waals surface area contributed by atoms with Crippen molar-refractivity contribution in [3.05, 3.63) is 35.6 Å². The lowest BCUT2D eigenvalue weighted by Crippen LogP contribution is -2.40. The first-order chi connectivity index (χ1) is 9.33. The Morgan fingerprint density at radius 3 is 2.89 bits per heavy atom. The molecule has 1 aromatic rings. The Labute approximate surface area is 113 Å². The van der Waals surface area contributed by atoms with Crippen molar-refractivity contribution in [2.75, 3.05) is 45.9 Å². The van der Waals surface area contributed by atoms with Crippen LogP contribution in [0.15, 0.2) is 24.3 Å². The van der Waals surface area contributed by atoms with E-state index in [-0.39, 0.29) is 5.82 Å².